The lowest BCUT2D eigenvalue weighted by Gasteiger charge is -2.18. The molecule has 1 saturated heterocycles. The fourth-order valence-electron chi connectivity index (χ4n) is 2.94. The summed E-state index contributed by atoms with van der Waals surface area (Å²) in [6.07, 6.45) is 2.52. The van der Waals surface area contributed by atoms with Gasteiger partial charge in [0.05, 0.1) is 27.0 Å². The van der Waals surface area contributed by atoms with Crippen LogP contribution in [0.2, 0.25) is 0 Å². The molecule has 1 aliphatic heterocycles. The third kappa shape index (κ3) is 4.24. The summed E-state index contributed by atoms with van der Waals surface area (Å²) in [6.45, 7) is 3.20. The van der Waals surface area contributed by atoms with E-state index in [1.165, 1.54) is 51.3 Å². The molecule has 1 aromatic carbocycles. The van der Waals surface area contributed by atoms with Crippen LogP contribution >= 0.6 is 11.3 Å². The molecular weight excluding hydrogens is 406 g/mol. The van der Waals surface area contributed by atoms with E-state index >= 15 is 0 Å². The first-order chi connectivity index (χ1) is 12.7. The van der Waals surface area contributed by atoms with E-state index < -0.39 is 20.0 Å². The van der Waals surface area contributed by atoms with E-state index in [2.05, 4.69) is 4.98 Å². The van der Waals surface area contributed by atoms with Crippen LogP contribution in [0.15, 0.2) is 39.4 Å². The Morgan fingerprint density at radius 3 is 2.22 bits per heavy atom. The number of aryl methyl sites for hydroxylation is 1. The third-order valence-electron chi connectivity index (χ3n) is 4.52. The standard InChI is InChI=1S/C17H23N3O4S3/c1-3-17-18-14(13-25-17)12-19(2)26(21,22)15-6-8-16(9-7-15)27(23,24)20-10-4-5-11-20/h6-9,13H,3-5,10-12H2,1-2H3. The summed E-state index contributed by atoms with van der Waals surface area (Å²) >= 11 is 1.51. The van der Waals surface area contributed by atoms with Crippen LogP contribution in [0.25, 0.3) is 0 Å². The summed E-state index contributed by atoms with van der Waals surface area (Å²) in [5, 5.41) is 2.82. The monoisotopic (exact) mass is 429 g/mol. The van der Waals surface area contributed by atoms with Crippen LogP contribution < -0.4 is 0 Å². The minimum atomic E-state index is -3.73. The van der Waals surface area contributed by atoms with E-state index in [-0.39, 0.29) is 16.3 Å². The minimum Gasteiger partial charge on any atom is -0.245 e. The molecule has 2 heterocycles. The molecule has 0 aliphatic carbocycles. The molecule has 0 spiro atoms. The SMILES string of the molecule is CCc1nc(CN(C)S(=O)(=O)c2ccc(S(=O)(=O)N3CCCC3)cc2)cs1. The lowest BCUT2D eigenvalue weighted by atomic mass is 10.4. The number of nitrogens with zero attached hydrogens (tertiary/aromatic N) is 3. The van der Waals surface area contributed by atoms with Crippen LogP contribution in [0.3, 0.4) is 0 Å². The van der Waals surface area contributed by atoms with Crippen molar-refractivity contribution >= 4 is 31.4 Å². The maximum atomic E-state index is 12.8. The summed E-state index contributed by atoms with van der Waals surface area (Å²) in [5.41, 5.74) is 0.705. The smallest absolute Gasteiger partial charge is 0.243 e. The van der Waals surface area contributed by atoms with Gasteiger partial charge in [0, 0.05) is 25.5 Å². The number of sulfonamides is 2. The largest absolute Gasteiger partial charge is 0.245 e. The zero-order valence-electron chi connectivity index (χ0n) is 15.3. The predicted octanol–water partition coefficient (Wildman–Crippen LogP) is 2.31. The van der Waals surface area contributed by atoms with E-state index in [0.29, 0.717) is 18.8 Å². The van der Waals surface area contributed by atoms with Crippen LogP contribution in [-0.2, 0) is 33.0 Å². The Labute approximate surface area is 164 Å². The number of hydrogen-bond donors (Lipinski definition) is 0. The molecule has 1 fully saturated rings. The summed E-state index contributed by atoms with van der Waals surface area (Å²) < 4.78 is 53.3. The molecule has 7 nitrogen and oxygen atoms in total. The van der Waals surface area contributed by atoms with Crippen molar-refractivity contribution in [1.29, 1.82) is 0 Å². The minimum absolute atomic E-state index is 0.0660. The van der Waals surface area contributed by atoms with Crippen LogP contribution in [0.1, 0.15) is 30.5 Å². The molecule has 0 amide bonds. The van der Waals surface area contributed by atoms with Gasteiger partial charge in [0.15, 0.2) is 0 Å². The predicted molar refractivity (Wildman–Crippen MR) is 105 cm³/mol. The molecule has 0 bridgehead atoms. The van der Waals surface area contributed by atoms with Crippen molar-refractivity contribution in [3.63, 3.8) is 0 Å². The molecule has 0 unspecified atom stereocenters. The van der Waals surface area contributed by atoms with E-state index in [1.807, 2.05) is 12.3 Å². The van der Waals surface area contributed by atoms with E-state index in [0.717, 1.165) is 24.3 Å². The van der Waals surface area contributed by atoms with Gasteiger partial charge in [0.1, 0.15) is 0 Å². The van der Waals surface area contributed by atoms with Gasteiger partial charge in [-0.15, -0.1) is 11.3 Å². The van der Waals surface area contributed by atoms with Crippen molar-refractivity contribution in [1.82, 2.24) is 13.6 Å². The lowest BCUT2D eigenvalue weighted by Crippen LogP contribution is -2.28. The van der Waals surface area contributed by atoms with Crippen molar-refractivity contribution in [2.75, 3.05) is 20.1 Å². The molecule has 148 valence electrons. The van der Waals surface area contributed by atoms with E-state index in [4.69, 9.17) is 0 Å². The molecule has 0 radical (unpaired) electrons. The topological polar surface area (TPSA) is 87.6 Å². The van der Waals surface area contributed by atoms with Gasteiger partial charge in [-0.1, -0.05) is 6.92 Å². The van der Waals surface area contributed by atoms with Crippen molar-refractivity contribution in [2.24, 2.45) is 0 Å². The van der Waals surface area contributed by atoms with Gasteiger partial charge < -0.3 is 0 Å². The molecule has 1 aliphatic rings. The lowest BCUT2D eigenvalue weighted by molar-refractivity contribution is 0.462. The first kappa shape index (κ1) is 20.4. The van der Waals surface area contributed by atoms with Crippen LogP contribution in [-0.4, -0.2) is 50.6 Å². The highest BCUT2D eigenvalue weighted by molar-refractivity contribution is 7.89. The normalized spacial score (nSPS) is 16.3. The van der Waals surface area contributed by atoms with Gasteiger partial charge >= 0.3 is 0 Å². The summed E-state index contributed by atoms with van der Waals surface area (Å²) in [6, 6.07) is 5.44. The van der Waals surface area contributed by atoms with Gasteiger partial charge in [0.2, 0.25) is 20.0 Å². The Hall–Kier alpha value is -1.33. The Bertz CT molecular complexity index is 992. The third-order valence-corrected chi connectivity index (χ3v) is 9.29. The number of thiazole rings is 1. The highest BCUT2D eigenvalue weighted by atomic mass is 32.2. The number of aromatic nitrogens is 1. The van der Waals surface area contributed by atoms with E-state index in [9.17, 15) is 16.8 Å². The van der Waals surface area contributed by atoms with Crippen molar-refractivity contribution < 1.29 is 16.8 Å². The molecule has 27 heavy (non-hydrogen) atoms. The fraction of sp³-hybridized carbons (Fsp3) is 0.471. The van der Waals surface area contributed by atoms with Crippen LogP contribution in [0, 0.1) is 0 Å². The molecule has 10 heteroatoms. The van der Waals surface area contributed by atoms with Crippen LogP contribution in [0.4, 0.5) is 0 Å². The van der Waals surface area contributed by atoms with Crippen molar-refractivity contribution in [3.05, 3.63) is 40.3 Å². The summed E-state index contributed by atoms with van der Waals surface area (Å²) in [5.74, 6) is 0. The molecule has 3 rings (SSSR count). The zero-order chi connectivity index (χ0) is 19.7. The first-order valence-electron chi connectivity index (χ1n) is 8.75. The second-order valence-corrected chi connectivity index (χ2v) is 11.4. The Morgan fingerprint density at radius 1 is 1.07 bits per heavy atom. The van der Waals surface area contributed by atoms with Crippen molar-refractivity contribution in [3.8, 4) is 0 Å². The first-order valence-corrected chi connectivity index (χ1v) is 12.5. The second kappa shape index (κ2) is 7.96. The highest BCUT2D eigenvalue weighted by Gasteiger charge is 2.28. The van der Waals surface area contributed by atoms with Gasteiger partial charge in [-0.05, 0) is 43.5 Å². The fourth-order valence-corrected chi connectivity index (χ4v) is 6.33. The molecule has 0 saturated carbocycles. The molecule has 0 atom stereocenters. The second-order valence-electron chi connectivity index (χ2n) is 6.43. The molecule has 0 N–H and O–H groups in total. The van der Waals surface area contributed by atoms with Gasteiger partial charge in [0.25, 0.3) is 0 Å². The zero-order valence-corrected chi connectivity index (χ0v) is 17.8. The number of benzene rings is 1. The molecular formula is C17H23N3O4S3. The maximum absolute atomic E-state index is 12.8. The maximum Gasteiger partial charge on any atom is 0.243 e. The molecule has 2 aromatic rings. The highest BCUT2D eigenvalue weighted by Crippen LogP contribution is 2.24. The van der Waals surface area contributed by atoms with Crippen LogP contribution in [0.5, 0.6) is 0 Å². The summed E-state index contributed by atoms with van der Waals surface area (Å²) in [4.78, 5) is 4.58. The Morgan fingerprint density at radius 2 is 1.67 bits per heavy atom. The van der Waals surface area contributed by atoms with Gasteiger partial charge in [-0.2, -0.15) is 8.61 Å². The molecule has 1 aromatic heterocycles. The Balaban J connectivity index is 1.78. The average molecular weight is 430 g/mol. The van der Waals surface area contributed by atoms with Gasteiger partial charge in [-0.25, -0.2) is 21.8 Å². The Kier molecular flexibility index (Phi) is 6.02. The van der Waals surface area contributed by atoms with E-state index in [1.54, 1.807) is 0 Å². The average Bonchev–Trinajstić information content (AvgIpc) is 3.34. The number of hydrogen-bond acceptors (Lipinski definition) is 6. The van der Waals surface area contributed by atoms with Gasteiger partial charge in [-0.3, -0.25) is 0 Å². The summed E-state index contributed by atoms with van der Waals surface area (Å²) in [7, 11) is -5.78. The quantitative estimate of drug-likeness (QED) is 0.674. The number of rotatable bonds is 7. The van der Waals surface area contributed by atoms with Crippen molar-refractivity contribution in [2.45, 2.75) is 42.5 Å².